The predicted octanol–water partition coefficient (Wildman–Crippen LogP) is 6.69. The Morgan fingerprint density at radius 2 is 1.86 bits per heavy atom. The number of aromatic nitrogens is 1. The fourth-order valence-corrected chi connectivity index (χ4v) is 4.97. The minimum atomic E-state index is -4.40. The lowest BCUT2D eigenvalue weighted by atomic mass is 9.98. The lowest BCUT2D eigenvalue weighted by molar-refractivity contribution is -0.137. The van der Waals surface area contributed by atoms with Crippen molar-refractivity contribution >= 4 is 28.6 Å². The number of nitrogens with one attached hydrogen (secondary N) is 1. The maximum Gasteiger partial charge on any atom is 0.416 e. The third-order valence-electron chi connectivity index (χ3n) is 6.10. The Kier molecular flexibility index (Phi) is 6.30. The summed E-state index contributed by atoms with van der Waals surface area (Å²) in [6.45, 7) is 1.82. The minimum absolute atomic E-state index is 0.306. The summed E-state index contributed by atoms with van der Waals surface area (Å²) >= 11 is 1.66. The molecule has 1 amide bonds. The Bertz CT molecular complexity index is 1330. The number of thiazole rings is 1. The van der Waals surface area contributed by atoms with Crippen molar-refractivity contribution in [3.8, 4) is 11.1 Å². The summed E-state index contributed by atoms with van der Waals surface area (Å²) < 4.78 is 38.8. The molecule has 35 heavy (non-hydrogen) atoms. The summed E-state index contributed by atoms with van der Waals surface area (Å²) in [4.78, 5) is 19.8. The molecule has 1 aliphatic rings. The van der Waals surface area contributed by atoms with Crippen molar-refractivity contribution in [3.63, 3.8) is 0 Å². The van der Waals surface area contributed by atoms with Crippen molar-refractivity contribution in [2.24, 2.45) is 0 Å². The van der Waals surface area contributed by atoms with Crippen molar-refractivity contribution in [2.45, 2.75) is 19.0 Å². The van der Waals surface area contributed by atoms with E-state index in [1.807, 2.05) is 29.8 Å². The fraction of sp³-hybridized carbons (Fsp3) is 0.185. The van der Waals surface area contributed by atoms with Crippen LogP contribution in [0.2, 0.25) is 0 Å². The summed E-state index contributed by atoms with van der Waals surface area (Å²) in [5.41, 5.74) is 3.85. The van der Waals surface area contributed by atoms with Crippen LogP contribution in [0.15, 0.2) is 78.3 Å². The molecule has 4 nitrogen and oxygen atoms in total. The molecule has 1 aliphatic heterocycles. The van der Waals surface area contributed by atoms with E-state index in [1.54, 1.807) is 35.6 Å². The van der Waals surface area contributed by atoms with E-state index in [4.69, 9.17) is 0 Å². The Hall–Kier alpha value is -3.65. The highest BCUT2D eigenvalue weighted by Crippen LogP contribution is 2.33. The summed E-state index contributed by atoms with van der Waals surface area (Å²) in [5.74, 6) is -0.306. The van der Waals surface area contributed by atoms with Crippen LogP contribution in [0.5, 0.6) is 0 Å². The molecule has 3 aromatic carbocycles. The number of nitrogens with zero attached hydrogens (tertiary/aromatic N) is 2. The van der Waals surface area contributed by atoms with Crippen molar-refractivity contribution in [2.75, 3.05) is 23.3 Å². The van der Waals surface area contributed by atoms with E-state index >= 15 is 0 Å². The number of carbonyl (C=O) groups excluding carboxylic acids is 1. The Morgan fingerprint density at radius 3 is 2.60 bits per heavy atom. The van der Waals surface area contributed by atoms with Crippen LogP contribution in [0.3, 0.4) is 0 Å². The van der Waals surface area contributed by atoms with Crippen LogP contribution in [0.25, 0.3) is 11.1 Å². The zero-order valence-electron chi connectivity index (χ0n) is 18.7. The second-order valence-electron chi connectivity index (χ2n) is 8.33. The van der Waals surface area contributed by atoms with Gasteiger partial charge in [-0.2, -0.15) is 13.2 Å². The molecule has 0 saturated heterocycles. The highest BCUT2D eigenvalue weighted by Gasteiger charge is 2.30. The second kappa shape index (κ2) is 9.54. The van der Waals surface area contributed by atoms with Crippen molar-refractivity contribution in [1.29, 1.82) is 0 Å². The van der Waals surface area contributed by atoms with Crippen LogP contribution in [0.4, 0.5) is 24.5 Å². The molecule has 178 valence electrons. The largest absolute Gasteiger partial charge is 0.416 e. The fourth-order valence-electron chi connectivity index (χ4n) is 4.36. The lowest BCUT2D eigenvalue weighted by Gasteiger charge is -2.19. The van der Waals surface area contributed by atoms with E-state index < -0.39 is 11.7 Å². The molecule has 0 fully saturated rings. The van der Waals surface area contributed by atoms with Gasteiger partial charge in [0.15, 0.2) is 0 Å². The summed E-state index contributed by atoms with van der Waals surface area (Å²) in [5, 5.41) is 6.06. The molecule has 0 atom stereocenters. The first-order valence-electron chi connectivity index (χ1n) is 11.2. The normalized spacial score (nSPS) is 13.1. The molecule has 0 saturated carbocycles. The Labute approximate surface area is 205 Å². The van der Waals surface area contributed by atoms with Gasteiger partial charge in [-0.3, -0.25) is 4.79 Å². The number of halogens is 3. The first kappa shape index (κ1) is 23.1. The number of fused-ring (bicyclic) bond motifs is 1. The molecule has 0 radical (unpaired) electrons. The summed E-state index contributed by atoms with van der Waals surface area (Å²) in [7, 11) is 0. The third kappa shape index (κ3) is 5.07. The molecule has 0 aliphatic carbocycles. The van der Waals surface area contributed by atoms with Gasteiger partial charge in [0.05, 0.1) is 10.6 Å². The molecule has 1 N–H and O–H groups in total. The molecule has 5 rings (SSSR count). The van der Waals surface area contributed by atoms with Crippen molar-refractivity contribution < 1.29 is 18.0 Å². The smallest absolute Gasteiger partial charge is 0.371 e. The minimum Gasteiger partial charge on any atom is -0.371 e. The number of hydrogen-bond donors (Lipinski definition) is 1. The first-order valence-corrected chi connectivity index (χ1v) is 12.1. The number of hydrogen-bond acceptors (Lipinski definition) is 4. The SMILES string of the molecule is O=C(Nc1ccc2c(c1)CCN2CCc1nccs1)c1ccccc1-c1ccc(C(F)(F)F)cc1. The summed E-state index contributed by atoms with van der Waals surface area (Å²) in [6.07, 6.45) is -0.780. The second-order valence-corrected chi connectivity index (χ2v) is 9.31. The van der Waals surface area contributed by atoms with Gasteiger partial charge in [-0.25, -0.2) is 4.98 Å². The Balaban J connectivity index is 1.31. The van der Waals surface area contributed by atoms with Gasteiger partial charge in [-0.1, -0.05) is 30.3 Å². The topological polar surface area (TPSA) is 45.2 Å². The molecule has 0 spiro atoms. The van der Waals surface area contributed by atoms with Gasteiger partial charge in [-0.15, -0.1) is 11.3 Å². The van der Waals surface area contributed by atoms with E-state index in [0.717, 1.165) is 43.1 Å². The van der Waals surface area contributed by atoms with E-state index in [2.05, 4.69) is 15.2 Å². The van der Waals surface area contributed by atoms with E-state index in [9.17, 15) is 18.0 Å². The maximum absolute atomic E-state index is 13.1. The predicted molar refractivity (Wildman–Crippen MR) is 133 cm³/mol. The van der Waals surface area contributed by atoms with Gasteiger partial charge in [0.2, 0.25) is 0 Å². The number of anilines is 2. The van der Waals surface area contributed by atoms with Crippen LogP contribution in [-0.4, -0.2) is 24.0 Å². The molecule has 0 unspecified atom stereocenters. The van der Waals surface area contributed by atoms with Gasteiger partial charge in [0.1, 0.15) is 0 Å². The third-order valence-corrected chi connectivity index (χ3v) is 6.94. The molecule has 8 heteroatoms. The van der Waals surface area contributed by atoms with Gasteiger partial charge in [0, 0.05) is 48.0 Å². The average molecular weight is 494 g/mol. The number of carbonyl (C=O) groups is 1. The summed E-state index contributed by atoms with van der Waals surface area (Å²) in [6, 6.07) is 17.7. The molecule has 2 heterocycles. The first-order chi connectivity index (χ1) is 16.9. The van der Waals surface area contributed by atoms with E-state index in [-0.39, 0.29) is 5.91 Å². The highest BCUT2D eigenvalue weighted by atomic mass is 32.1. The zero-order valence-corrected chi connectivity index (χ0v) is 19.5. The molecule has 1 aromatic heterocycles. The van der Waals surface area contributed by atoms with Crippen molar-refractivity contribution in [1.82, 2.24) is 4.98 Å². The van der Waals surface area contributed by atoms with Gasteiger partial charge in [-0.05, 0) is 59.5 Å². The van der Waals surface area contributed by atoms with Gasteiger partial charge in [0.25, 0.3) is 5.91 Å². The van der Waals surface area contributed by atoms with E-state index in [1.165, 1.54) is 23.4 Å². The van der Waals surface area contributed by atoms with Crippen molar-refractivity contribution in [3.05, 3.63) is 100 Å². The van der Waals surface area contributed by atoms with Crippen LogP contribution in [0.1, 0.15) is 26.5 Å². The van der Waals surface area contributed by atoms with Gasteiger partial charge >= 0.3 is 6.18 Å². The lowest BCUT2D eigenvalue weighted by Crippen LogP contribution is -2.23. The standard InChI is InChI=1S/C27H22F3N3OS/c28-27(29,30)20-7-5-18(6-8-20)22-3-1-2-4-23(22)26(34)32-21-9-10-24-19(17-21)11-14-33(24)15-12-25-31-13-16-35-25/h1-10,13,16-17H,11-12,14-15H2,(H,32,34). The maximum atomic E-state index is 13.1. The van der Waals surface area contributed by atoms with E-state index in [0.29, 0.717) is 22.4 Å². The van der Waals surface area contributed by atoms with Gasteiger partial charge < -0.3 is 10.2 Å². The van der Waals surface area contributed by atoms with Crippen LogP contribution in [-0.2, 0) is 19.0 Å². The molecular weight excluding hydrogens is 471 g/mol. The van der Waals surface area contributed by atoms with Crippen LogP contribution < -0.4 is 10.2 Å². The highest BCUT2D eigenvalue weighted by molar-refractivity contribution is 7.09. The number of amides is 1. The van der Waals surface area contributed by atoms with Crippen LogP contribution >= 0.6 is 11.3 Å². The number of rotatable bonds is 6. The molecule has 4 aromatic rings. The number of benzene rings is 3. The number of alkyl halides is 3. The monoisotopic (exact) mass is 493 g/mol. The average Bonchev–Trinajstić information content (AvgIpc) is 3.52. The molecule has 0 bridgehead atoms. The Morgan fingerprint density at radius 1 is 1.06 bits per heavy atom. The quantitative estimate of drug-likeness (QED) is 0.326. The van der Waals surface area contributed by atoms with Crippen LogP contribution in [0, 0.1) is 0 Å². The molecular formula is C27H22F3N3OS. The zero-order chi connectivity index (χ0) is 24.4.